The van der Waals surface area contributed by atoms with Crippen molar-refractivity contribution in [2.75, 3.05) is 6.54 Å². The summed E-state index contributed by atoms with van der Waals surface area (Å²) in [6.07, 6.45) is 2.25. The van der Waals surface area contributed by atoms with Gasteiger partial charge < -0.3 is 9.88 Å². The molecular weight excluding hydrogens is 264 g/mol. The molecule has 1 aliphatic heterocycles. The number of nitrogens with one attached hydrogen (secondary N) is 1. The number of nitrogens with zero attached hydrogens (tertiary/aromatic N) is 1. The third-order valence-corrected chi connectivity index (χ3v) is 3.53. The molecule has 3 heteroatoms. The highest BCUT2D eigenvalue weighted by Crippen LogP contribution is 2.24. The number of rotatable bonds is 1. The van der Waals surface area contributed by atoms with Gasteiger partial charge in [0.1, 0.15) is 0 Å². The monoisotopic (exact) mass is 276 g/mol. The van der Waals surface area contributed by atoms with Crippen molar-refractivity contribution >= 4 is 15.9 Å². The third kappa shape index (κ3) is 1.81. The van der Waals surface area contributed by atoms with Crippen molar-refractivity contribution in [1.29, 1.82) is 0 Å². The van der Waals surface area contributed by atoms with E-state index in [1.54, 1.807) is 0 Å². The molecule has 0 saturated heterocycles. The van der Waals surface area contributed by atoms with Crippen LogP contribution in [0.4, 0.5) is 0 Å². The van der Waals surface area contributed by atoms with Crippen LogP contribution in [0, 0.1) is 0 Å². The lowest BCUT2D eigenvalue weighted by Crippen LogP contribution is -2.27. The molecule has 1 N–H and O–H groups in total. The third-order valence-electron chi connectivity index (χ3n) is 3.00. The van der Waals surface area contributed by atoms with Crippen LogP contribution in [-0.2, 0) is 13.1 Å². The van der Waals surface area contributed by atoms with Gasteiger partial charge in [-0.15, -0.1) is 0 Å². The van der Waals surface area contributed by atoms with Crippen molar-refractivity contribution < 1.29 is 0 Å². The van der Waals surface area contributed by atoms with Crippen LogP contribution in [0.5, 0.6) is 0 Å². The first-order chi connectivity index (χ1) is 7.83. The van der Waals surface area contributed by atoms with Crippen LogP contribution in [0.3, 0.4) is 0 Å². The van der Waals surface area contributed by atoms with E-state index in [1.807, 2.05) is 0 Å². The van der Waals surface area contributed by atoms with Gasteiger partial charge in [-0.2, -0.15) is 0 Å². The number of benzene rings is 1. The fraction of sp³-hybridized carbons (Fsp3) is 0.231. The average molecular weight is 277 g/mol. The van der Waals surface area contributed by atoms with E-state index in [9.17, 15) is 0 Å². The minimum absolute atomic E-state index is 0.983. The van der Waals surface area contributed by atoms with Crippen LogP contribution in [0.2, 0.25) is 0 Å². The number of hydrogen-bond donors (Lipinski definition) is 1. The predicted octanol–water partition coefficient (Wildman–Crippen LogP) is 3.02. The molecule has 0 radical (unpaired) electrons. The summed E-state index contributed by atoms with van der Waals surface area (Å²) in [5.74, 6) is 0. The average Bonchev–Trinajstić information content (AvgIpc) is 2.73. The Morgan fingerprint density at radius 3 is 2.69 bits per heavy atom. The van der Waals surface area contributed by atoms with Crippen LogP contribution >= 0.6 is 15.9 Å². The van der Waals surface area contributed by atoms with E-state index in [0.717, 1.165) is 24.1 Å². The van der Waals surface area contributed by atoms with Crippen molar-refractivity contribution in [2.24, 2.45) is 0 Å². The quantitative estimate of drug-likeness (QED) is 0.847. The van der Waals surface area contributed by atoms with Crippen molar-refractivity contribution in [3.63, 3.8) is 0 Å². The van der Waals surface area contributed by atoms with Gasteiger partial charge in [-0.3, -0.25) is 0 Å². The summed E-state index contributed by atoms with van der Waals surface area (Å²) in [6, 6.07) is 10.8. The highest BCUT2D eigenvalue weighted by molar-refractivity contribution is 9.10. The molecule has 0 amide bonds. The van der Waals surface area contributed by atoms with Crippen LogP contribution in [0.1, 0.15) is 5.69 Å². The van der Waals surface area contributed by atoms with Gasteiger partial charge in [0, 0.05) is 36.0 Å². The molecule has 82 valence electrons. The van der Waals surface area contributed by atoms with Crippen molar-refractivity contribution in [2.45, 2.75) is 13.1 Å². The zero-order valence-corrected chi connectivity index (χ0v) is 10.5. The predicted molar refractivity (Wildman–Crippen MR) is 69.3 cm³/mol. The minimum Gasteiger partial charge on any atom is -0.348 e. The first-order valence-corrected chi connectivity index (χ1v) is 6.28. The molecule has 1 aliphatic rings. The number of fused-ring (bicyclic) bond motifs is 1. The van der Waals surface area contributed by atoms with Crippen LogP contribution in [0.25, 0.3) is 11.1 Å². The largest absolute Gasteiger partial charge is 0.348 e. The van der Waals surface area contributed by atoms with E-state index in [4.69, 9.17) is 0 Å². The maximum atomic E-state index is 3.46. The Labute approximate surface area is 103 Å². The van der Waals surface area contributed by atoms with Crippen molar-refractivity contribution in [3.05, 3.63) is 46.7 Å². The fourth-order valence-corrected chi connectivity index (χ4v) is 2.39. The summed E-state index contributed by atoms with van der Waals surface area (Å²) < 4.78 is 3.47. The normalized spacial score (nSPS) is 14.8. The minimum atomic E-state index is 0.983. The first-order valence-electron chi connectivity index (χ1n) is 5.49. The summed E-state index contributed by atoms with van der Waals surface area (Å²) in [5, 5.41) is 3.39. The standard InChI is InChI=1S/C13H13BrN2/c14-12-3-1-10(2-4-12)11-7-13-8-15-5-6-16(13)9-11/h1-4,7,9,15H,5-6,8H2. The molecule has 0 unspecified atom stereocenters. The van der Waals surface area contributed by atoms with Gasteiger partial charge in [0.2, 0.25) is 0 Å². The van der Waals surface area contributed by atoms with E-state index >= 15 is 0 Å². The highest BCUT2D eigenvalue weighted by Gasteiger charge is 2.10. The molecule has 2 nitrogen and oxygen atoms in total. The van der Waals surface area contributed by atoms with E-state index in [1.165, 1.54) is 16.8 Å². The summed E-state index contributed by atoms with van der Waals surface area (Å²) in [5.41, 5.74) is 3.97. The van der Waals surface area contributed by atoms with Crippen LogP contribution in [0.15, 0.2) is 41.0 Å². The summed E-state index contributed by atoms with van der Waals surface area (Å²) in [6.45, 7) is 3.13. The molecule has 0 atom stereocenters. The van der Waals surface area contributed by atoms with Gasteiger partial charge in [0.25, 0.3) is 0 Å². The Bertz CT molecular complexity index is 476. The summed E-state index contributed by atoms with van der Waals surface area (Å²) in [4.78, 5) is 0. The van der Waals surface area contributed by atoms with E-state index in [0.29, 0.717) is 0 Å². The highest BCUT2D eigenvalue weighted by atomic mass is 79.9. The summed E-state index contributed by atoms with van der Waals surface area (Å²) in [7, 11) is 0. The molecule has 1 aromatic carbocycles. The van der Waals surface area contributed by atoms with Gasteiger partial charge in [0.05, 0.1) is 0 Å². The zero-order valence-electron chi connectivity index (χ0n) is 8.91. The first kappa shape index (κ1) is 10.1. The molecule has 0 fully saturated rings. The lowest BCUT2D eigenvalue weighted by atomic mass is 10.1. The number of halogens is 1. The molecule has 0 spiro atoms. The lowest BCUT2D eigenvalue weighted by molar-refractivity contribution is 0.517. The van der Waals surface area contributed by atoms with Gasteiger partial charge in [-0.1, -0.05) is 28.1 Å². The van der Waals surface area contributed by atoms with Crippen LogP contribution < -0.4 is 5.32 Å². The molecule has 0 bridgehead atoms. The Balaban J connectivity index is 2.00. The zero-order chi connectivity index (χ0) is 11.0. The topological polar surface area (TPSA) is 17.0 Å². The van der Waals surface area contributed by atoms with Gasteiger partial charge >= 0.3 is 0 Å². The molecule has 2 aromatic rings. The second-order valence-electron chi connectivity index (χ2n) is 4.10. The fourth-order valence-electron chi connectivity index (χ4n) is 2.13. The Morgan fingerprint density at radius 1 is 1.12 bits per heavy atom. The second kappa shape index (κ2) is 4.07. The maximum absolute atomic E-state index is 3.46. The molecule has 16 heavy (non-hydrogen) atoms. The second-order valence-corrected chi connectivity index (χ2v) is 5.01. The molecule has 3 rings (SSSR count). The lowest BCUT2D eigenvalue weighted by Gasteiger charge is -2.15. The maximum Gasteiger partial charge on any atom is 0.0360 e. The number of aromatic nitrogens is 1. The van der Waals surface area contributed by atoms with Crippen molar-refractivity contribution in [3.8, 4) is 11.1 Å². The molecule has 1 aromatic heterocycles. The van der Waals surface area contributed by atoms with E-state index in [2.05, 4.69) is 62.3 Å². The van der Waals surface area contributed by atoms with Gasteiger partial charge in [-0.05, 0) is 29.3 Å². The van der Waals surface area contributed by atoms with E-state index in [-0.39, 0.29) is 0 Å². The SMILES string of the molecule is Brc1ccc(-c2cc3n(c2)CCNC3)cc1. The van der Waals surface area contributed by atoms with Gasteiger partial charge in [-0.25, -0.2) is 0 Å². The van der Waals surface area contributed by atoms with Crippen LogP contribution in [-0.4, -0.2) is 11.1 Å². The molecular formula is C13H13BrN2. The smallest absolute Gasteiger partial charge is 0.0360 e. The summed E-state index contributed by atoms with van der Waals surface area (Å²) >= 11 is 3.46. The molecule has 0 aliphatic carbocycles. The van der Waals surface area contributed by atoms with Crippen molar-refractivity contribution in [1.82, 2.24) is 9.88 Å². The van der Waals surface area contributed by atoms with Gasteiger partial charge in [0.15, 0.2) is 0 Å². The Hall–Kier alpha value is -1.06. The molecule has 2 heterocycles. The molecule has 0 saturated carbocycles. The number of hydrogen-bond acceptors (Lipinski definition) is 1. The Morgan fingerprint density at radius 2 is 1.94 bits per heavy atom. The Kier molecular flexibility index (Phi) is 2.58. The van der Waals surface area contributed by atoms with E-state index < -0.39 is 0 Å².